The fourth-order valence-corrected chi connectivity index (χ4v) is 2.55. The molecule has 0 bridgehead atoms. The van der Waals surface area contributed by atoms with Crippen LogP contribution in [0.15, 0.2) is 60.7 Å². The van der Waals surface area contributed by atoms with Gasteiger partial charge in [0.1, 0.15) is 0 Å². The van der Waals surface area contributed by atoms with Crippen molar-refractivity contribution in [1.29, 1.82) is 0 Å². The van der Waals surface area contributed by atoms with Gasteiger partial charge in [-0.25, -0.2) is 0 Å². The van der Waals surface area contributed by atoms with E-state index in [4.69, 9.17) is 0 Å². The zero-order valence-corrected chi connectivity index (χ0v) is 12.8. The number of hydrogen-bond acceptors (Lipinski definition) is 1. The molecule has 0 saturated carbocycles. The van der Waals surface area contributed by atoms with Crippen LogP contribution in [-0.2, 0) is 5.41 Å². The predicted octanol–water partition coefficient (Wildman–Crippen LogP) is 4.71. The fraction of sp³-hybridized carbons (Fsp3) is 0.368. The average Bonchev–Trinajstić information content (AvgIpc) is 2.50. The summed E-state index contributed by atoms with van der Waals surface area (Å²) in [5.41, 5.74) is 2.90. The van der Waals surface area contributed by atoms with Gasteiger partial charge in [0.2, 0.25) is 0 Å². The summed E-state index contributed by atoms with van der Waals surface area (Å²) in [6.45, 7) is 7.81. The zero-order valence-electron chi connectivity index (χ0n) is 12.8. The molecule has 1 heteroatoms. The monoisotopic (exact) mass is 267 g/mol. The van der Waals surface area contributed by atoms with Crippen molar-refractivity contribution in [2.45, 2.75) is 38.6 Å². The van der Waals surface area contributed by atoms with Crippen LogP contribution in [0, 0.1) is 0 Å². The summed E-state index contributed by atoms with van der Waals surface area (Å²) >= 11 is 0. The molecule has 1 nitrogen and oxygen atoms in total. The van der Waals surface area contributed by atoms with E-state index in [-0.39, 0.29) is 5.41 Å². The smallest absolute Gasteiger partial charge is 0.0317 e. The first-order valence-corrected chi connectivity index (χ1v) is 7.47. The Hall–Kier alpha value is -1.60. The second-order valence-corrected chi connectivity index (χ2v) is 6.00. The molecule has 0 aliphatic heterocycles. The van der Waals surface area contributed by atoms with E-state index in [1.807, 2.05) is 0 Å². The van der Waals surface area contributed by atoms with Crippen LogP contribution in [0.5, 0.6) is 0 Å². The Balaban J connectivity index is 2.03. The molecule has 0 fully saturated rings. The van der Waals surface area contributed by atoms with Crippen molar-refractivity contribution in [2.75, 3.05) is 6.54 Å². The fourth-order valence-electron chi connectivity index (χ4n) is 2.55. The molecule has 0 saturated heterocycles. The van der Waals surface area contributed by atoms with E-state index in [0.29, 0.717) is 6.04 Å². The van der Waals surface area contributed by atoms with Crippen LogP contribution in [0.3, 0.4) is 0 Å². The molecule has 1 N–H and O–H groups in total. The number of benzene rings is 2. The molecule has 20 heavy (non-hydrogen) atoms. The highest BCUT2D eigenvalue weighted by Gasteiger charge is 2.21. The Morgan fingerprint density at radius 3 is 2.00 bits per heavy atom. The second kappa shape index (κ2) is 6.71. The van der Waals surface area contributed by atoms with E-state index in [2.05, 4.69) is 86.8 Å². The molecule has 2 aromatic rings. The first kappa shape index (κ1) is 14.8. The minimum Gasteiger partial charge on any atom is -0.309 e. The van der Waals surface area contributed by atoms with Gasteiger partial charge in [0, 0.05) is 18.0 Å². The third kappa shape index (κ3) is 3.71. The van der Waals surface area contributed by atoms with E-state index >= 15 is 0 Å². The quantitative estimate of drug-likeness (QED) is 0.799. The number of hydrogen-bond donors (Lipinski definition) is 1. The largest absolute Gasteiger partial charge is 0.309 e. The molecule has 0 spiro atoms. The van der Waals surface area contributed by atoms with Crippen molar-refractivity contribution < 1.29 is 0 Å². The summed E-state index contributed by atoms with van der Waals surface area (Å²) in [7, 11) is 0. The number of rotatable bonds is 6. The molecule has 1 atom stereocenters. The van der Waals surface area contributed by atoms with E-state index in [1.54, 1.807) is 0 Å². The van der Waals surface area contributed by atoms with Crippen molar-refractivity contribution >= 4 is 0 Å². The first-order chi connectivity index (χ1) is 9.63. The van der Waals surface area contributed by atoms with Crippen LogP contribution in [0.1, 0.15) is 44.4 Å². The van der Waals surface area contributed by atoms with Gasteiger partial charge in [-0.1, -0.05) is 81.4 Å². The Morgan fingerprint density at radius 2 is 1.45 bits per heavy atom. The van der Waals surface area contributed by atoms with Crippen molar-refractivity contribution in [3.63, 3.8) is 0 Å². The molecule has 0 amide bonds. The van der Waals surface area contributed by atoms with Gasteiger partial charge in [-0.2, -0.15) is 0 Å². The SMILES string of the molecule is CCC(NCC(C)(C)c1ccccc1)c1ccccc1. The van der Waals surface area contributed by atoms with Gasteiger partial charge < -0.3 is 5.32 Å². The van der Waals surface area contributed by atoms with Gasteiger partial charge in [-0.3, -0.25) is 0 Å². The Bertz CT molecular complexity index is 502. The van der Waals surface area contributed by atoms with Crippen LogP contribution in [0.25, 0.3) is 0 Å². The summed E-state index contributed by atoms with van der Waals surface area (Å²) in [4.78, 5) is 0. The third-order valence-electron chi connectivity index (χ3n) is 3.96. The maximum absolute atomic E-state index is 3.72. The molecule has 2 rings (SSSR count). The van der Waals surface area contributed by atoms with E-state index in [1.165, 1.54) is 11.1 Å². The van der Waals surface area contributed by atoms with Gasteiger partial charge >= 0.3 is 0 Å². The first-order valence-electron chi connectivity index (χ1n) is 7.47. The van der Waals surface area contributed by atoms with Crippen LogP contribution >= 0.6 is 0 Å². The molecule has 1 unspecified atom stereocenters. The van der Waals surface area contributed by atoms with E-state index in [9.17, 15) is 0 Å². The Kier molecular flexibility index (Phi) is 4.97. The predicted molar refractivity (Wildman–Crippen MR) is 86.9 cm³/mol. The summed E-state index contributed by atoms with van der Waals surface area (Å²) in [6.07, 6.45) is 1.11. The highest BCUT2D eigenvalue weighted by Crippen LogP contribution is 2.24. The lowest BCUT2D eigenvalue weighted by Crippen LogP contribution is -2.35. The van der Waals surface area contributed by atoms with Gasteiger partial charge in [0.05, 0.1) is 0 Å². The van der Waals surface area contributed by atoms with Crippen molar-refractivity contribution in [3.05, 3.63) is 71.8 Å². The van der Waals surface area contributed by atoms with E-state index < -0.39 is 0 Å². The normalized spacial score (nSPS) is 13.2. The van der Waals surface area contributed by atoms with Gasteiger partial charge in [-0.05, 0) is 17.5 Å². The minimum absolute atomic E-state index is 0.142. The minimum atomic E-state index is 0.142. The second-order valence-electron chi connectivity index (χ2n) is 6.00. The molecule has 0 aromatic heterocycles. The lowest BCUT2D eigenvalue weighted by atomic mass is 9.84. The molecule has 0 aliphatic carbocycles. The lowest BCUT2D eigenvalue weighted by molar-refractivity contribution is 0.416. The molecule has 0 aliphatic rings. The van der Waals surface area contributed by atoms with E-state index in [0.717, 1.165) is 13.0 Å². The van der Waals surface area contributed by atoms with Crippen LogP contribution < -0.4 is 5.32 Å². The molecule has 0 heterocycles. The molecule has 106 valence electrons. The van der Waals surface area contributed by atoms with Gasteiger partial charge in [0.25, 0.3) is 0 Å². The van der Waals surface area contributed by atoms with Crippen LogP contribution in [-0.4, -0.2) is 6.54 Å². The summed E-state index contributed by atoms with van der Waals surface area (Å²) in [5.74, 6) is 0. The van der Waals surface area contributed by atoms with Gasteiger partial charge in [-0.15, -0.1) is 0 Å². The van der Waals surface area contributed by atoms with Crippen LogP contribution in [0.4, 0.5) is 0 Å². The summed E-state index contributed by atoms with van der Waals surface area (Å²) in [5, 5.41) is 3.72. The Labute approximate surface area is 123 Å². The topological polar surface area (TPSA) is 12.0 Å². The standard InChI is InChI=1S/C19H25N/c1-4-18(16-11-7-5-8-12-16)20-15-19(2,3)17-13-9-6-10-14-17/h5-14,18,20H,4,15H2,1-3H3. The third-order valence-corrected chi connectivity index (χ3v) is 3.96. The maximum Gasteiger partial charge on any atom is 0.0317 e. The molecule has 2 aromatic carbocycles. The molecular weight excluding hydrogens is 242 g/mol. The summed E-state index contributed by atoms with van der Waals surface area (Å²) < 4.78 is 0. The lowest BCUT2D eigenvalue weighted by Gasteiger charge is -2.29. The van der Waals surface area contributed by atoms with Crippen molar-refractivity contribution in [1.82, 2.24) is 5.32 Å². The highest BCUT2D eigenvalue weighted by atomic mass is 14.9. The van der Waals surface area contributed by atoms with Crippen molar-refractivity contribution in [3.8, 4) is 0 Å². The molecular formula is C19H25N. The highest BCUT2D eigenvalue weighted by molar-refractivity contribution is 5.24. The summed E-state index contributed by atoms with van der Waals surface area (Å²) in [6, 6.07) is 21.9. The Morgan fingerprint density at radius 1 is 0.900 bits per heavy atom. The van der Waals surface area contributed by atoms with Crippen molar-refractivity contribution in [2.24, 2.45) is 0 Å². The average molecular weight is 267 g/mol. The number of nitrogens with one attached hydrogen (secondary N) is 1. The van der Waals surface area contributed by atoms with Gasteiger partial charge in [0.15, 0.2) is 0 Å². The maximum atomic E-state index is 3.72. The van der Waals surface area contributed by atoms with Crippen LogP contribution in [0.2, 0.25) is 0 Å². The molecule has 0 radical (unpaired) electrons. The zero-order chi connectivity index (χ0) is 14.4.